The first-order valence-electron chi connectivity index (χ1n) is 7.88. The number of fused-ring (bicyclic) bond motifs is 1. The Labute approximate surface area is 141 Å². The Morgan fingerprint density at radius 3 is 2.54 bits per heavy atom. The summed E-state index contributed by atoms with van der Waals surface area (Å²) in [5.41, 5.74) is 8.85. The van der Waals surface area contributed by atoms with E-state index in [2.05, 4.69) is 4.98 Å². The van der Waals surface area contributed by atoms with Gasteiger partial charge in [0, 0.05) is 29.6 Å². The zero-order valence-corrected chi connectivity index (χ0v) is 15.0. The summed E-state index contributed by atoms with van der Waals surface area (Å²) in [4.78, 5) is 16.9. The number of aliphatic hydroxyl groups excluding tert-OH is 1. The summed E-state index contributed by atoms with van der Waals surface area (Å²) >= 11 is 0. The Hall–Kier alpha value is -2.34. The average Bonchev–Trinajstić information content (AvgIpc) is 2.73. The lowest BCUT2D eigenvalue weighted by atomic mass is 10.0. The smallest absolute Gasteiger partial charge is 0.419 e. The van der Waals surface area contributed by atoms with Crippen LogP contribution in [0.2, 0.25) is 0 Å². The van der Waals surface area contributed by atoms with Crippen LogP contribution in [0.5, 0.6) is 0 Å². The van der Waals surface area contributed by atoms with Crippen LogP contribution in [-0.4, -0.2) is 32.4 Å². The molecule has 0 spiro atoms. The van der Waals surface area contributed by atoms with Crippen molar-refractivity contribution in [2.24, 2.45) is 5.73 Å². The van der Waals surface area contributed by atoms with Crippen LogP contribution in [0, 0.1) is 6.92 Å². The average molecular weight is 331 g/mol. The predicted molar refractivity (Wildman–Crippen MR) is 95.0 cm³/mol. The number of nitrogens with zero attached hydrogens (tertiary/aromatic N) is 2. The number of hydrogen-bond donors (Lipinski definition) is 2. The molecule has 0 radical (unpaired) electrons. The number of aryl methyl sites for hydroxylation is 1. The Balaban J connectivity index is 2.62. The summed E-state index contributed by atoms with van der Waals surface area (Å²) in [5, 5.41) is 9.92. The summed E-state index contributed by atoms with van der Waals surface area (Å²) in [6.07, 6.45) is 2.90. The third-order valence-electron chi connectivity index (χ3n) is 3.57. The van der Waals surface area contributed by atoms with Crippen molar-refractivity contribution in [1.82, 2.24) is 9.55 Å². The Morgan fingerprint density at radius 2 is 2.04 bits per heavy atom. The molecule has 1 unspecified atom stereocenters. The van der Waals surface area contributed by atoms with E-state index >= 15 is 0 Å². The van der Waals surface area contributed by atoms with Crippen LogP contribution in [-0.2, 0) is 4.74 Å². The number of pyridine rings is 1. The molecule has 24 heavy (non-hydrogen) atoms. The first-order chi connectivity index (χ1) is 11.0. The highest BCUT2D eigenvalue weighted by molar-refractivity contribution is 5.91. The SMILES string of the molecule is C/C(O)=C(\c1cnc2c(C)cn(C(=O)OC(C)(C)C)c2c1)C(C)N. The van der Waals surface area contributed by atoms with E-state index in [1.54, 1.807) is 32.3 Å². The van der Waals surface area contributed by atoms with E-state index in [-0.39, 0.29) is 11.8 Å². The van der Waals surface area contributed by atoms with Crippen molar-refractivity contribution in [3.8, 4) is 0 Å². The normalized spacial score (nSPS) is 14.5. The van der Waals surface area contributed by atoms with Gasteiger partial charge >= 0.3 is 6.09 Å². The molecule has 0 saturated carbocycles. The molecule has 2 aromatic rings. The van der Waals surface area contributed by atoms with Gasteiger partial charge in [0.1, 0.15) is 5.60 Å². The number of aromatic nitrogens is 2. The molecule has 0 fully saturated rings. The lowest BCUT2D eigenvalue weighted by molar-refractivity contribution is 0.0544. The minimum Gasteiger partial charge on any atom is -0.512 e. The third-order valence-corrected chi connectivity index (χ3v) is 3.57. The third kappa shape index (κ3) is 3.59. The molecular weight excluding hydrogens is 306 g/mol. The molecule has 2 heterocycles. The summed E-state index contributed by atoms with van der Waals surface area (Å²) < 4.78 is 6.89. The van der Waals surface area contributed by atoms with E-state index < -0.39 is 11.7 Å². The van der Waals surface area contributed by atoms with Gasteiger partial charge in [-0.25, -0.2) is 4.79 Å². The molecule has 0 amide bonds. The molecule has 0 aliphatic rings. The molecule has 130 valence electrons. The van der Waals surface area contributed by atoms with Gasteiger partial charge in [0.15, 0.2) is 0 Å². The number of carbonyl (C=O) groups excluding carboxylic acids is 1. The van der Waals surface area contributed by atoms with Gasteiger partial charge in [-0.15, -0.1) is 0 Å². The zero-order valence-electron chi connectivity index (χ0n) is 15.0. The molecule has 2 rings (SSSR count). The van der Waals surface area contributed by atoms with Gasteiger partial charge in [-0.3, -0.25) is 9.55 Å². The predicted octanol–water partition coefficient (Wildman–Crippen LogP) is 3.76. The van der Waals surface area contributed by atoms with E-state index in [0.29, 0.717) is 22.2 Å². The van der Waals surface area contributed by atoms with Crippen molar-refractivity contribution in [1.29, 1.82) is 0 Å². The monoisotopic (exact) mass is 331 g/mol. The van der Waals surface area contributed by atoms with Crippen molar-refractivity contribution in [3.63, 3.8) is 0 Å². The number of aliphatic hydroxyl groups is 1. The number of ether oxygens (including phenoxy) is 1. The molecule has 3 N–H and O–H groups in total. The maximum absolute atomic E-state index is 12.5. The topological polar surface area (TPSA) is 90.4 Å². The van der Waals surface area contributed by atoms with Crippen LogP contribution in [0.4, 0.5) is 4.79 Å². The van der Waals surface area contributed by atoms with Gasteiger partial charge in [-0.1, -0.05) is 0 Å². The number of allylic oxidation sites excluding steroid dienone is 1. The molecule has 0 aliphatic heterocycles. The van der Waals surface area contributed by atoms with E-state index in [4.69, 9.17) is 10.5 Å². The van der Waals surface area contributed by atoms with E-state index in [1.165, 1.54) is 4.57 Å². The van der Waals surface area contributed by atoms with Crippen molar-refractivity contribution in [3.05, 3.63) is 35.3 Å². The van der Waals surface area contributed by atoms with Crippen molar-refractivity contribution in [2.45, 2.75) is 53.2 Å². The van der Waals surface area contributed by atoms with E-state index in [1.807, 2.05) is 27.7 Å². The van der Waals surface area contributed by atoms with Crippen LogP contribution < -0.4 is 5.73 Å². The highest BCUT2D eigenvalue weighted by atomic mass is 16.6. The van der Waals surface area contributed by atoms with Crippen LogP contribution in [0.3, 0.4) is 0 Å². The minimum absolute atomic E-state index is 0.137. The lowest BCUT2D eigenvalue weighted by Gasteiger charge is -2.20. The minimum atomic E-state index is -0.592. The Bertz CT molecular complexity index is 807. The molecule has 0 bridgehead atoms. The van der Waals surface area contributed by atoms with Gasteiger partial charge in [0.25, 0.3) is 0 Å². The van der Waals surface area contributed by atoms with Crippen LogP contribution in [0.1, 0.15) is 45.7 Å². The fraction of sp³-hybridized carbons (Fsp3) is 0.444. The standard InChI is InChI=1S/C18H25N3O3/c1-10-9-21(17(23)24-18(4,5)6)14-7-13(8-20-16(10)14)15(11(2)19)12(3)22/h7-9,11,22H,19H2,1-6H3/b15-12+. The molecule has 6 nitrogen and oxygen atoms in total. The first kappa shape index (κ1) is 18.0. The Kier molecular flexibility index (Phi) is 4.71. The highest BCUT2D eigenvalue weighted by Gasteiger charge is 2.21. The van der Waals surface area contributed by atoms with Crippen molar-refractivity contribution in [2.75, 3.05) is 0 Å². The fourth-order valence-electron chi connectivity index (χ4n) is 2.68. The maximum atomic E-state index is 12.5. The number of hydrogen-bond acceptors (Lipinski definition) is 5. The summed E-state index contributed by atoms with van der Waals surface area (Å²) in [7, 11) is 0. The highest BCUT2D eigenvalue weighted by Crippen LogP contribution is 2.26. The van der Waals surface area contributed by atoms with Gasteiger partial charge < -0.3 is 15.6 Å². The number of rotatable bonds is 2. The van der Waals surface area contributed by atoms with Crippen LogP contribution in [0.25, 0.3) is 16.6 Å². The largest absolute Gasteiger partial charge is 0.512 e. The number of nitrogens with two attached hydrogens (primary N) is 1. The molecule has 1 atom stereocenters. The zero-order chi connectivity index (χ0) is 18.2. The second-order valence-electron chi connectivity index (χ2n) is 7.04. The molecule has 0 aliphatic carbocycles. The molecule has 2 aromatic heterocycles. The number of carbonyl (C=O) groups is 1. The Morgan fingerprint density at radius 1 is 1.42 bits per heavy atom. The van der Waals surface area contributed by atoms with Gasteiger partial charge in [0.05, 0.1) is 16.8 Å². The molecule has 0 saturated heterocycles. The summed E-state index contributed by atoms with van der Waals surface area (Å²) in [5.74, 6) is 0.137. The van der Waals surface area contributed by atoms with Gasteiger partial charge in [-0.2, -0.15) is 0 Å². The summed E-state index contributed by atoms with van der Waals surface area (Å²) in [6.45, 7) is 10.7. The second kappa shape index (κ2) is 6.28. The quantitative estimate of drug-likeness (QED) is 0.818. The van der Waals surface area contributed by atoms with E-state index in [0.717, 1.165) is 5.56 Å². The lowest BCUT2D eigenvalue weighted by Crippen LogP contribution is -2.26. The van der Waals surface area contributed by atoms with Crippen molar-refractivity contribution < 1.29 is 14.6 Å². The summed E-state index contributed by atoms with van der Waals surface area (Å²) in [6, 6.07) is 1.44. The van der Waals surface area contributed by atoms with Crippen LogP contribution >= 0.6 is 0 Å². The maximum Gasteiger partial charge on any atom is 0.419 e. The molecule has 6 heteroatoms. The molecule has 0 aromatic carbocycles. The van der Waals surface area contributed by atoms with Gasteiger partial charge in [-0.05, 0) is 53.2 Å². The van der Waals surface area contributed by atoms with Crippen LogP contribution in [0.15, 0.2) is 24.2 Å². The van der Waals surface area contributed by atoms with Crippen molar-refractivity contribution >= 4 is 22.7 Å². The van der Waals surface area contributed by atoms with E-state index in [9.17, 15) is 9.90 Å². The fourth-order valence-corrected chi connectivity index (χ4v) is 2.68. The first-order valence-corrected chi connectivity index (χ1v) is 7.88. The second-order valence-corrected chi connectivity index (χ2v) is 7.04. The molecular formula is C18H25N3O3. The van der Waals surface area contributed by atoms with Gasteiger partial charge in [0.2, 0.25) is 0 Å².